The molecule has 1 saturated carbocycles. The molecule has 0 radical (unpaired) electrons. The number of nitrogen functional groups attached to an aromatic ring is 1. The summed E-state index contributed by atoms with van der Waals surface area (Å²) in [6, 6.07) is 7.69. The minimum absolute atomic E-state index is 0.0860. The van der Waals surface area contributed by atoms with Gasteiger partial charge >= 0.3 is 0 Å². The van der Waals surface area contributed by atoms with Crippen molar-refractivity contribution in [3.63, 3.8) is 0 Å². The van der Waals surface area contributed by atoms with E-state index in [0.717, 1.165) is 30.5 Å². The summed E-state index contributed by atoms with van der Waals surface area (Å²) in [6.45, 7) is 2.98. The Labute approximate surface area is 126 Å². The van der Waals surface area contributed by atoms with Crippen molar-refractivity contribution in [3.05, 3.63) is 29.8 Å². The van der Waals surface area contributed by atoms with Crippen LogP contribution in [0.5, 0.6) is 0 Å². The molecule has 0 aromatic heterocycles. The number of carbonyl (C=O) groups is 1. The van der Waals surface area contributed by atoms with Crippen LogP contribution in [0.2, 0.25) is 0 Å². The lowest BCUT2D eigenvalue weighted by Gasteiger charge is -2.19. The fourth-order valence-electron chi connectivity index (χ4n) is 3.16. The van der Waals surface area contributed by atoms with Crippen molar-refractivity contribution in [2.24, 2.45) is 11.8 Å². The predicted molar refractivity (Wildman–Crippen MR) is 84.8 cm³/mol. The molecule has 1 aromatic carbocycles. The van der Waals surface area contributed by atoms with Gasteiger partial charge in [0.05, 0.1) is 0 Å². The van der Waals surface area contributed by atoms with Gasteiger partial charge in [0, 0.05) is 25.3 Å². The van der Waals surface area contributed by atoms with Gasteiger partial charge in [-0.2, -0.15) is 0 Å². The molecule has 1 amide bonds. The molecule has 1 fully saturated rings. The van der Waals surface area contributed by atoms with Crippen LogP contribution in [0.3, 0.4) is 0 Å². The van der Waals surface area contributed by atoms with Crippen molar-refractivity contribution >= 4 is 11.6 Å². The number of benzene rings is 1. The molecule has 116 valence electrons. The number of anilines is 1. The first-order valence-corrected chi connectivity index (χ1v) is 7.83. The monoisotopic (exact) mass is 290 g/mol. The van der Waals surface area contributed by atoms with Gasteiger partial charge in [-0.05, 0) is 48.3 Å². The van der Waals surface area contributed by atoms with Crippen molar-refractivity contribution in [1.82, 2.24) is 5.32 Å². The average molecular weight is 290 g/mol. The Hall–Kier alpha value is -1.55. The summed E-state index contributed by atoms with van der Waals surface area (Å²) in [6.07, 6.45) is 3.84. The highest BCUT2D eigenvalue weighted by atomic mass is 16.3. The maximum Gasteiger partial charge on any atom is 0.220 e. The van der Waals surface area contributed by atoms with Crippen LogP contribution in [-0.2, 0) is 4.79 Å². The third kappa shape index (κ3) is 4.46. The lowest BCUT2D eigenvalue weighted by Crippen LogP contribution is -2.32. The Kier molecular flexibility index (Phi) is 5.62. The van der Waals surface area contributed by atoms with E-state index in [1.807, 2.05) is 24.3 Å². The Morgan fingerprint density at radius 3 is 2.67 bits per heavy atom. The van der Waals surface area contributed by atoms with Crippen LogP contribution in [0, 0.1) is 11.8 Å². The molecule has 0 saturated heterocycles. The van der Waals surface area contributed by atoms with Crippen molar-refractivity contribution in [3.8, 4) is 0 Å². The van der Waals surface area contributed by atoms with Gasteiger partial charge in [-0.3, -0.25) is 4.79 Å². The SMILES string of the molecule is CC(CC(=O)NCC1CCCC1CO)c1ccc(N)cc1. The van der Waals surface area contributed by atoms with Gasteiger partial charge in [0.1, 0.15) is 0 Å². The van der Waals surface area contributed by atoms with E-state index in [2.05, 4.69) is 12.2 Å². The van der Waals surface area contributed by atoms with Crippen molar-refractivity contribution in [2.45, 2.75) is 38.5 Å². The van der Waals surface area contributed by atoms with E-state index in [0.29, 0.717) is 24.8 Å². The number of aliphatic hydroxyl groups excluding tert-OH is 1. The van der Waals surface area contributed by atoms with Crippen LogP contribution in [0.25, 0.3) is 0 Å². The lowest BCUT2D eigenvalue weighted by molar-refractivity contribution is -0.121. The minimum Gasteiger partial charge on any atom is -0.399 e. The maximum absolute atomic E-state index is 12.0. The molecule has 21 heavy (non-hydrogen) atoms. The first-order valence-electron chi connectivity index (χ1n) is 7.83. The standard InChI is InChI=1S/C17H26N2O2/c1-12(13-5-7-16(18)8-6-13)9-17(21)19-10-14-3-2-4-15(14)11-20/h5-8,12,14-15,20H,2-4,9-11,18H2,1H3,(H,19,21). The molecule has 0 aliphatic heterocycles. The molecule has 3 atom stereocenters. The van der Waals surface area contributed by atoms with E-state index in [-0.39, 0.29) is 18.4 Å². The summed E-state index contributed by atoms with van der Waals surface area (Å²) in [7, 11) is 0. The number of hydrogen-bond acceptors (Lipinski definition) is 3. The van der Waals surface area contributed by atoms with Gasteiger partial charge in [-0.1, -0.05) is 25.5 Å². The Bertz CT molecular complexity index is 458. The minimum atomic E-state index is 0.0860. The summed E-state index contributed by atoms with van der Waals surface area (Å²) >= 11 is 0. The highest BCUT2D eigenvalue weighted by molar-refractivity contribution is 5.76. The van der Waals surface area contributed by atoms with E-state index in [4.69, 9.17) is 5.73 Å². The fraction of sp³-hybridized carbons (Fsp3) is 0.588. The van der Waals surface area contributed by atoms with E-state index < -0.39 is 0 Å². The molecule has 1 aliphatic rings. The van der Waals surface area contributed by atoms with Crippen molar-refractivity contribution in [2.75, 3.05) is 18.9 Å². The van der Waals surface area contributed by atoms with Crippen LogP contribution < -0.4 is 11.1 Å². The Morgan fingerprint density at radius 1 is 1.33 bits per heavy atom. The molecule has 1 aromatic rings. The number of amides is 1. The second kappa shape index (κ2) is 7.46. The number of aliphatic hydroxyl groups is 1. The number of carbonyl (C=O) groups excluding carboxylic acids is 1. The maximum atomic E-state index is 12.0. The van der Waals surface area contributed by atoms with Crippen LogP contribution >= 0.6 is 0 Å². The summed E-state index contributed by atoms with van der Waals surface area (Å²) in [5.74, 6) is 1.07. The summed E-state index contributed by atoms with van der Waals surface area (Å²) in [5.41, 5.74) is 7.55. The zero-order chi connectivity index (χ0) is 15.2. The van der Waals surface area contributed by atoms with Gasteiger partial charge in [0.25, 0.3) is 0 Å². The van der Waals surface area contributed by atoms with Crippen LogP contribution in [0.1, 0.15) is 44.1 Å². The quantitative estimate of drug-likeness (QED) is 0.704. The first-order chi connectivity index (χ1) is 10.1. The molecule has 4 N–H and O–H groups in total. The molecule has 0 bridgehead atoms. The number of hydrogen-bond donors (Lipinski definition) is 3. The lowest BCUT2D eigenvalue weighted by atomic mass is 9.95. The second-order valence-corrected chi connectivity index (χ2v) is 6.21. The topological polar surface area (TPSA) is 75.3 Å². The molecule has 4 heteroatoms. The van der Waals surface area contributed by atoms with Crippen LogP contribution in [0.4, 0.5) is 5.69 Å². The molecule has 2 rings (SSSR count). The largest absolute Gasteiger partial charge is 0.399 e. The molecule has 0 heterocycles. The zero-order valence-corrected chi connectivity index (χ0v) is 12.7. The van der Waals surface area contributed by atoms with Crippen molar-refractivity contribution in [1.29, 1.82) is 0 Å². The van der Waals surface area contributed by atoms with Crippen LogP contribution in [0.15, 0.2) is 24.3 Å². The first kappa shape index (κ1) is 15.8. The van der Waals surface area contributed by atoms with Crippen molar-refractivity contribution < 1.29 is 9.90 Å². The molecular formula is C17H26N2O2. The van der Waals surface area contributed by atoms with E-state index in [1.165, 1.54) is 0 Å². The molecular weight excluding hydrogens is 264 g/mol. The van der Waals surface area contributed by atoms with E-state index >= 15 is 0 Å². The molecule has 0 spiro atoms. The second-order valence-electron chi connectivity index (χ2n) is 6.21. The third-order valence-electron chi connectivity index (χ3n) is 4.61. The number of rotatable bonds is 6. The van der Waals surface area contributed by atoms with E-state index in [9.17, 15) is 9.90 Å². The molecule has 3 unspecified atom stereocenters. The Balaban J connectivity index is 1.77. The van der Waals surface area contributed by atoms with E-state index in [1.54, 1.807) is 0 Å². The van der Waals surface area contributed by atoms with Gasteiger partial charge in [0.15, 0.2) is 0 Å². The molecule has 4 nitrogen and oxygen atoms in total. The third-order valence-corrected chi connectivity index (χ3v) is 4.61. The predicted octanol–water partition coefficient (Wildman–Crippen LogP) is 2.29. The Morgan fingerprint density at radius 2 is 2.00 bits per heavy atom. The van der Waals surface area contributed by atoms with Gasteiger partial charge in [-0.25, -0.2) is 0 Å². The number of nitrogens with one attached hydrogen (secondary N) is 1. The number of nitrogens with two attached hydrogens (primary N) is 1. The van der Waals surface area contributed by atoms with Crippen LogP contribution in [-0.4, -0.2) is 24.2 Å². The van der Waals surface area contributed by atoms with Gasteiger partial charge < -0.3 is 16.2 Å². The zero-order valence-electron chi connectivity index (χ0n) is 12.7. The fourth-order valence-corrected chi connectivity index (χ4v) is 3.16. The highest BCUT2D eigenvalue weighted by Gasteiger charge is 2.26. The highest BCUT2D eigenvalue weighted by Crippen LogP contribution is 2.30. The summed E-state index contributed by atoms with van der Waals surface area (Å²) in [5, 5.41) is 12.3. The molecule has 1 aliphatic carbocycles. The van der Waals surface area contributed by atoms with Gasteiger partial charge in [0.2, 0.25) is 5.91 Å². The average Bonchev–Trinajstić information content (AvgIpc) is 2.93. The normalized spacial score (nSPS) is 23.0. The smallest absolute Gasteiger partial charge is 0.220 e. The summed E-state index contributed by atoms with van der Waals surface area (Å²) < 4.78 is 0. The van der Waals surface area contributed by atoms with Gasteiger partial charge in [-0.15, -0.1) is 0 Å². The summed E-state index contributed by atoms with van der Waals surface area (Å²) in [4.78, 5) is 12.0.